The van der Waals surface area contributed by atoms with Gasteiger partial charge >= 0.3 is 0 Å². The Morgan fingerprint density at radius 1 is 1.00 bits per heavy atom. The summed E-state index contributed by atoms with van der Waals surface area (Å²) in [5.74, 6) is 0. The lowest BCUT2D eigenvalue weighted by atomic mass is 10.2. The van der Waals surface area contributed by atoms with Crippen LogP contribution >= 0.6 is 11.6 Å². The topological polar surface area (TPSA) is 54.3 Å². The molecular weight excluding hydrogens is 362 g/mol. The van der Waals surface area contributed by atoms with Gasteiger partial charge in [-0.15, -0.1) is 0 Å². The van der Waals surface area contributed by atoms with E-state index in [-0.39, 0.29) is 5.56 Å². The Kier molecular flexibility index (Phi) is 5.36. The Morgan fingerprint density at radius 3 is 2.67 bits per heavy atom. The quantitative estimate of drug-likeness (QED) is 0.678. The molecular formula is C20H22ClN5O. The number of hydrogen-bond acceptors (Lipinski definition) is 5. The molecule has 27 heavy (non-hydrogen) atoms. The van der Waals surface area contributed by atoms with E-state index < -0.39 is 0 Å². The Labute approximate surface area is 163 Å². The molecule has 6 nitrogen and oxygen atoms in total. The fraction of sp³-hybridized carbons (Fsp3) is 0.350. The summed E-state index contributed by atoms with van der Waals surface area (Å²) < 4.78 is 1.69. The zero-order valence-corrected chi connectivity index (χ0v) is 15.8. The van der Waals surface area contributed by atoms with Crippen LogP contribution in [0.4, 0.5) is 5.69 Å². The average Bonchev–Trinajstić information content (AvgIpc) is 2.70. The number of piperazine rings is 1. The van der Waals surface area contributed by atoms with E-state index in [2.05, 4.69) is 25.8 Å². The first-order chi connectivity index (χ1) is 13.2. The summed E-state index contributed by atoms with van der Waals surface area (Å²) in [6.07, 6.45) is 4.18. The van der Waals surface area contributed by atoms with Crippen LogP contribution in [0.25, 0.3) is 11.0 Å². The third-order valence-electron chi connectivity index (χ3n) is 5.02. The van der Waals surface area contributed by atoms with E-state index in [4.69, 9.17) is 11.6 Å². The second-order valence-corrected chi connectivity index (χ2v) is 7.22. The number of rotatable bonds is 5. The van der Waals surface area contributed by atoms with Gasteiger partial charge in [0.15, 0.2) is 5.65 Å². The van der Waals surface area contributed by atoms with Crippen LogP contribution in [0, 0.1) is 0 Å². The summed E-state index contributed by atoms with van der Waals surface area (Å²) >= 11 is 6.09. The van der Waals surface area contributed by atoms with E-state index in [9.17, 15) is 4.79 Å². The van der Waals surface area contributed by atoms with Crippen LogP contribution in [0.1, 0.15) is 6.42 Å². The summed E-state index contributed by atoms with van der Waals surface area (Å²) in [6, 6.07) is 11.6. The minimum Gasteiger partial charge on any atom is -0.369 e. The number of pyridine rings is 1. The van der Waals surface area contributed by atoms with Crippen molar-refractivity contribution < 1.29 is 0 Å². The number of halogens is 1. The average molecular weight is 384 g/mol. The number of aromatic nitrogens is 3. The van der Waals surface area contributed by atoms with Crippen molar-refractivity contribution in [2.24, 2.45) is 0 Å². The van der Waals surface area contributed by atoms with Crippen LogP contribution in [-0.2, 0) is 6.54 Å². The molecule has 140 valence electrons. The molecule has 0 atom stereocenters. The minimum atomic E-state index is -0.0149. The third-order valence-corrected chi connectivity index (χ3v) is 5.25. The van der Waals surface area contributed by atoms with Gasteiger partial charge in [0.1, 0.15) is 0 Å². The number of aryl methyl sites for hydroxylation is 1. The molecule has 1 aromatic carbocycles. The van der Waals surface area contributed by atoms with Crippen molar-refractivity contribution in [2.45, 2.75) is 13.0 Å². The molecule has 3 aromatic rings. The van der Waals surface area contributed by atoms with E-state index >= 15 is 0 Å². The third kappa shape index (κ3) is 4.12. The predicted octanol–water partition coefficient (Wildman–Crippen LogP) is 2.66. The molecule has 2 aromatic heterocycles. The predicted molar refractivity (Wildman–Crippen MR) is 109 cm³/mol. The largest absolute Gasteiger partial charge is 0.369 e. The summed E-state index contributed by atoms with van der Waals surface area (Å²) in [7, 11) is 0. The molecule has 0 bridgehead atoms. The summed E-state index contributed by atoms with van der Waals surface area (Å²) in [4.78, 5) is 25.7. The van der Waals surface area contributed by atoms with Gasteiger partial charge in [0.05, 0.1) is 11.7 Å². The lowest BCUT2D eigenvalue weighted by Crippen LogP contribution is -2.46. The molecule has 0 unspecified atom stereocenters. The van der Waals surface area contributed by atoms with Gasteiger partial charge in [-0.25, -0.2) is 9.97 Å². The van der Waals surface area contributed by atoms with Crippen molar-refractivity contribution >= 4 is 28.3 Å². The molecule has 1 aliphatic rings. The molecule has 0 radical (unpaired) electrons. The molecule has 0 saturated carbocycles. The minimum absolute atomic E-state index is 0.0149. The highest BCUT2D eigenvalue weighted by Crippen LogP contribution is 2.20. The van der Waals surface area contributed by atoms with Gasteiger partial charge in [-0.2, -0.15) is 0 Å². The van der Waals surface area contributed by atoms with Gasteiger partial charge in [-0.05, 0) is 43.3 Å². The lowest BCUT2D eigenvalue weighted by Gasteiger charge is -2.36. The first-order valence-electron chi connectivity index (χ1n) is 9.24. The van der Waals surface area contributed by atoms with Crippen LogP contribution in [0.5, 0.6) is 0 Å². The standard InChI is InChI=1S/C20H22ClN5O/c21-16-4-1-5-17(14-16)25-12-10-24(11-13-25)8-3-9-26-15-23-19-18(20(26)27)6-2-7-22-19/h1-2,4-7,14-15H,3,8-13H2. The number of hydrogen-bond donors (Lipinski definition) is 0. The Bertz CT molecular complexity index is 981. The van der Waals surface area contributed by atoms with Crippen molar-refractivity contribution in [3.05, 3.63) is 64.3 Å². The van der Waals surface area contributed by atoms with Crippen molar-refractivity contribution in [3.8, 4) is 0 Å². The first kappa shape index (κ1) is 17.9. The SMILES string of the molecule is O=c1c2cccnc2ncn1CCCN1CCN(c2cccc(Cl)c2)CC1. The van der Waals surface area contributed by atoms with Crippen molar-refractivity contribution in [1.29, 1.82) is 0 Å². The highest BCUT2D eigenvalue weighted by atomic mass is 35.5. The summed E-state index contributed by atoms with van der Waals surface area (Å²) in [6.45, 7) is 5.65. The van der Waals surface area contributed by atoms with Gasteiger partial charge in [-0.3, -0.25) is 14.3 Å². The van der Waals surface area contributed by atoms with Crippen molar-refractivity contribution in [3.63, 3.8) is 0 Å². The van der Waals surface area contributed by atoms with Gasteiger partial charge in [0.2, 0.25) is 0 Å². The molecule has 1 fully saturated rings. The first-order valence-corrected chi connectivity index (χ1v) is 9.61. The maximum atomic E-state index is 12.5. The zero-order chi connectivity index (χ0) is 18.6. The fourth-order valence-electron chi connectivity index (χ4n) is 3.52. The molecule has 0 spiro atoms. The second-order valence-electron chi connectivity index (χ2n) is 6.78. The summed E-state index contributed by atoms with van der Waals surface area (Å²) in [5, 5.41) is 1.36. The van der Waals surface area contributed by atoms with Crippen LogP contribution in [-0.4, -0.2) is 52.2 Å². The molecule has 1 saturated heterocycles. The monoisotopic (exact) mass is 383 g/mol. The molecule has 0 amide bonds. The van der Waals surface area contributed by atoms with Gasteiger partial charge in [0.25, 0.3) is 5.56 Å². The van der Waals surface area contributed by atoms with Crippen LogP contribution in [0.15, 0.2) is 53.7 Å². The van der Waals surface area contributed by atoms with E-state index in [0.29, 0.717) is 17.6 Å². The molecule has 4 rings (SSSR count). The van der Waals surface area contributed by atoms with Crippen molar-refractivity contribution in [1.82, 2.24) is 19.4 Å². The molecule has 3 heterocycles. The van der Waals surface area contributed by atoms with Crippen LogP contribution in [0.2, 0.25) is 5.02 Å². The molecule has 1 aliphatic heterocycles. The van der Waals surface area contributed by atoms with Crippen molar-refractivity contribution in [2.75, 3.05) is 37.6 Å². The number of nitrogens with zero attached hydrogens (tertiary/aromatic N) is 5. The highest BCUT2D eigenvalue weighted by molar-refractivity contribution is 6.30. The number of anilines is 1. The molecule has 7 heteroatoms. The lowest BCUT2D eigenvalue weighted by molar-refractivity contribution is 0.250. The molecule has 0 N–H and O–H groups in total. The second kappa shape index (κ2) is 8.06. The van der Waals surface area contributed by atoms with Crippen LogP contribution < -0.4 is 10.5 Å². The Balaban J connectivity index is 1.29. The van der Waals surface area contributed by atoms with Gasteiger partial charge in [0, 0.05) is 49.6 Å². The number of fused-ring (bicyclic) bond motifs is 1. The fourth-order valence-corrected chi connectivity index (χ4v) is 3.71. The molecule has 0 aliphatic carbocycles. The van der Waals surface area contributed by atoms with Gasteiger partial charge < -0.3 is 4.90 Å². The zero-order valence-electron chi connectivity index (χ0n) is 15.1. The van der Waals surface area contributed by atoms with E-state index in [1.54, 1.807) is 29.2 Å². The van der Waals surface area contributed by atoms with E-state index in [0.717, 1.165) is 44.2 Å². The Hall–Kier alpha value is -2.44. The highest BCUT2D eigenvalue weighted by Gasteiger charge is 2.17. The maximum absolute atomic E-state index is 12.5. The normalized spacial score (nSPS) is 15.4. The van der Waals surface area contributed by atoms with E-state index in [1.807, 2.05) is 18.2 Å². The van der Waals surface area contributed by atoms with E-state index in [1.165, 1.54) is 5.69 Å². The van der Waals surface area contributed by atoms with Gasteiger partial charge in [-0.1, -0.05) is 17.7 Å². The summed E-state index contributed by atoms with van der Waals surface area (Å²) in [5.41, 5.74) is 1.68. The van der Waals surface area contributed by atoms with Crippen LogP contribution in [0.3, 0.4) is 0 Å². The maximum Gasteiger partial charge on any atom is 0.262 e. The number of benzene rings is 1. The Morgan fingerprint density at radius 2 is 1.85 bits per heavy atom. The smallest absolute Gasteiger partial charge is 0.262 e.